The van der Waals surface area contributed by atoms with E-state index in [1.807, 2.05) is 6.07 Å². The number of hydrogen-bond acceptors (Lipinski definition) is 4. The van der Waals surface area contributed by atoms with Crippen molar-refractivity contribution in [2.45, 2.75) is 18.9 Å². The third-order valence-electron chi connectivity index (χ3n) is 4.20. The van der Waals surface area contributed by atoms with Gasteiger partial charge in [0.2, 0.25) is 0 Å². The molecule has 0 unspecified atom stereocenters. The van der Waals surface area contributed by atoms with E-state index in [0.717, 1.165) is 24.0 Å². The van der Waals surface area contributed by atoms with Crippen LogP contribution in [0, 0.1) is 5.92 Å². The molecule has 1 aromatic carbocycles. The van der Waals surface area contributed by atoms with Gasteiger partial charge in [0.25, 0.3) is 5.91 Å². The first-order chi connectivity index (χ1) is 11.6. The molecule has 0 aliphatic carbocycles. The van der Waals surface area contributed by atoms with E-state index in [1.165, 1.54) is 0 Å². The summed E-state index contributed by atoms with van der Waals surface area (Å²) in [6, 6.07) is 7.86. The van der Waals surface area contributed by atoms with Gasteiger partial charge in [-0.15, -0.1) is 0 Å². The summed E-state index contributed by atoms with van der Waals surface area (Å²) in [5, 5.41) is 12.1. The summed E-state index contributed by atoms with van der Waals surface area (Å²) in [6.45, 7) is 0.996. The van der Waals surface area contributed by atoms with Crippen molar-refractivity contribution in [2.75, 3.05) is 13.2 Å². The zero-order valence-corrected chi connectivity index (χ0v) is 13.1. The van der Waals surface area contributed by atoms with Crippen LogP contribution in [0.25, 0.3) is 11.1 Å². The van der Waals surface area contributed by atoms with E-state index in [0.29, 0.717) is 18.8 Å². The number of carboxylic acid groups (broad SMARTS) is 1. The summed E-state index contributed by atoms with van der Waals surface area (Å²) in [4.78, 5) is 24.0. The van der Waals surface area contributed by atoms with Gasteiger partial charge in [0.1, 0.15) is 6.04 Å². The normalized spacial score (nSPS) is 18.8. The van der Waals surface area contributed by atoms with Crippen LogP contribution in [0.5, 0.6) is 0 Å². The average Bonchev–Trinajstić information content (AvgIpc) is 3.15. The molecule has 3 rings (SSSR count). The highest BCUT2D eigenvalue weighted by Crippen LogP contribution is 2.22. The maximum absolute atomic E-state index is 12.5. The van der Waals surface area contributed by atoms with Gasteiger partial charge in [-0.2, -0.15) is 0 Å². The molecule has 6 nitrogen and oxygen atoms in total. The molecular weight excluding hydrogens is 310 g/mol. The summed E-state index contributed by atoms with van der Waals surface area (Å²) in [5.74, 6) is -1.65. The fraction of sp³-hybridized carbons (Fsp3) is 0.333. The Labute approximate surface area is 139 Å². The number of benzene rings is 1. The van der Waals surface area contributed by atoms with Crippen molar-refractivity contribution >= 4 is 11.9 Å². The summed E-state index contributed by atoms with van der Waals surface area (Å²) in [5.41, 5.74) is 2.11. The largest absolute Gasteiger partial charge is 0.480 e. The van der Waals surface area contributed by atoms with Crippen molar-refractivity contribution in [3.63, 3.8) is 0 Å². The van der Waals surface area contributed by atoms with Gasteiger partial charge in [-0.3, -0.25) is 4.79 Å². The molecular formula is C18H19NO5. The second kappa shape index (κ2) is 7.31. The molecule has 1 fully saturated rings. The van der Waals surface area contributed by atoms with Crippen LogP contribution in [0.2, 0.25) is 0 Å². The van der Waals surface area contributed by atoms with Gasteiger partial charge in [0.05, 0.1) is 19.1 Å². The summed E-state index contributed by atoms with van der Waals surface area (Å²) in [6.07, 6.45) is 4.69. The van der Waals surface area contributed by atoms with Crippen LogP contribution in [-0.2, 0) is 9.53 Å². The molecule has 0 bridgehead atoms. The van der Waals surface area contributed by atoms with Crippen molar-refractivity contribution in [1.29, 1.82) is 0 Å². The molecule has 2 heterocycles. The SMILES string of the molecule is O=C(N[C@H](C(=O)O)[C@@H]1CCCOC1)c1cccc(-c2ccoc2)c1. The highest BCUT2D eigenvalue weighted by Gasteiger charge is 2.31. The molecule has 6 heteroatoms. The minimum absolute atomic E-state index is 0.211. The Morgan fingerprint density at radius 2 is 2.12 bits per heavy atom. The number of rotatable bonds is 5. The molecule has 1 saturated heterocycles. The van der Waals surface area contributed by atoms with Gasteiger partial charge in [-0.05, 0) is 36.6 Å². The van der Waals surface area contributed by atoms with Crippen LogP contribution in [0.3, 0.4) is 0 Å². The predicted molar refractivity (Wildman–Crippen MR) is 86.6 cm³/mol. The Kier molecular flexibility index (Phi) is 4.96. The highest BCUT2D eigenvalue weighted by molar-refractivity contribution is 5.97. The predicted octanol–water partition coefficient (Wildman–Crippen LogP) is 2.56. The van der Waals surface area contributed by atoms with E-state index in [-0.39, 0.29) is 5.92 Å². The molecule has 0 saturated carbocycles. The van der Waals surface area contributed by atoms with Crippen LogP contribution in [0.1, 0.15) is 23.2 Å². The lowest BCUT2D eigenvalue weighted by Gasteiger charge is -2.28. The first kappa shape index (κ1) is 16.3. The average molecular weight is 329 g/mol. The third kappa shape index (κ3) is 3.65. The molecule has 1 aliphatic rings. The Bertz CT molecular complexity index is 704. The Morgan fingerprint density at radius 1 is 1.25 bits per heavy atom. The van der Waals surface area contributed by atoms with Crippen molar-refractivity contribution in [3.8, 4) is 11.1 Å². The third-order valence-corrected chi connectivity index (χ3v) is 4.20. The van der Waals surface area contributed by atoms with Crippen LogP contribution >= 0.6 is 0 Å². The Hall–Kier alpha value is -2.60. The Balaban J connectivity index is 1.75. The number of carboxylic acids is 1. The molecule has 2 atom stereocenters. The fourth-order valence-corrected chi connectivity index (χ4v) is 2.90. The number of hydrogen-bond donors (Lipinski definition) is 2. The number of amides is 1. The number of furan rings is 1. The van der Waals surface area contributed by atoms with Gasteiger partial charge in [-0.1, -0.05) is 12.1 Å². The van der Waals surface area contributed by atoms with Crippen LogP contribution in [0.15, 0.2) is 47.3 Å². The zero-order chi connectivity index (χ0) is 16.9. The van der Waals surface area contributed by atoms with E-state index in [9.17, 15) is 14.7 Å². The first-order valence-corrected chi connectivity index (χ1v) is 7.89. The van der Waals surface area contributed by atoms with Gasteiger partial charge < -0.3 is 19.6 Å². The number of ether oxygens (including phenoxy) is 1. The van der Waals surface area contributed by atoms with E-state index < -0.39 is 17.9 Å². The lowest BCUT2D eigenvalue weighted by Crippen LogP contribution is -2.48. The molecule has 2 aromatic rings. The van der Waals surface area contributed by atoms with Crippen molar-refractivity contribution in [1.82, 2.24) is 5.32 Å². The highest BCUT2D eigenvalue weighted by atomic mass is 16.5. The minimum atomic E-state index is -1.04. The smallest absolute Gasteiger partial charge is 0.326 e. The van der Waals surface area contributed by atoms with Crippen LogP contribution in [0.4, 0.5) is 0 Å². The number of carbonyl (C=O) groups is 2. The molecule has 1 aromatic heterocycles. The maximum Gasteiger partial charge on any atom is 0.326 e. The number of nitrogens with one attached hydrogen (secondary N) is 1. The monoisotopic (exact) mass is 329 g/mol. The number of aliphatic carboxylic acids is 1. The second-order valence-electron chi connectivity index (χ2n) is 5.86. The molecule has 2 N–H and O–H groups in total. The van der Waals surface area contributed by atoms with Crippen molar-refractivity contribution in [3.05, 3.63) is 48.4 Å². The molecule has 0 radical (unpaired) electrons. The van der Waals surface area contributed by atoms with Crippen molar-refractivity contribution < 1.29 is 23.8 Å². The number of carbonyl (C=O) groups excluding carboxylic acids is 1. The zero-order valence-electron chi connectivity index (χ0n) is 13.1. The minimum Gasteiger partial charge on any atom is -0.480 e. The van der Waals surface area contributed by atoms with Gasteiger partial charge in [0, 0.05) is 23.7 Å². The molecule has 1 aliphatic heterocycles. The fourth-order valence-electron chi connectivity index (χ4n) is 2.90. The first-order valence-electron chi connectivity index (χ1n) is 7.89. The van der Waals surface area contributed by atoms with Gasteiger partial charge in [-0.25, -0.2) is 4.79 Å². The summed E-state index contributed by atoms with van der Waals surface area (Å²) in [7, 11) is 0. The van der Waals surface area contributed by atoms with Crippen LogP contribution in [-0.4, -0.2) is 36.2 Å². The quantitative estimate of drug-likeness (QED) is 0.880. The van der Waals surface area contributed by atoms with E-state index >= 15 is 0 Å². The standard InChI is InChI=1S/C18H19NO5/c20-17(19-16(18(21)22)15-5-2-7-23-11-15)13-4-1-3-12(9-13)14-6-8-24-10-14/h1,3-4,6,8-10,15-16H,2,5,7,11H2,(H,19,20)(H,21,22)/t15-,16+/m1/s1. The second-order valence-corrected chi connectivity index (χ2v) is 5.86. The summed E-state index contributed by atoms with van der Waals surface area (Å²) >= 11 is 0. The lowest BCUT2D eigenvalue weighted by molar-refractivity contribution is -0.142. The Morgan fingerprint density at radius 3 is 2.79 bits per heavy atom. The van der Waals surface area contributed by atoms with E-state index in [2.05, 4.69) is 5.32 Å². The molecule has 0 spiro atoms. The lowest BCUT2D eigenvalue weighted by atomic mass is 9.93. The van der Waals surface area contributed by atoms with Gasteiger partial charge in [0.15, 0.2) is 0 Å². The molecule has 24 heavy (non-hydrogen) atoms. The van der Waals surface area contributed by atoms with E-state index in [1.54, 1.807) is 36.8 Å². The van der Waals surface area contributed by atoms with E-state index in [4.69, 9.17) is 9.15 Å². The molecule has 126 valence electrons. The van der Waals surface area contributed by atoms with Gasteiger partial charge >= 0.3 is 5.97 Å². The van der Waals surface area contributed by atoms with Crippen molar-refractivity contribution in [2.24, 2.45) is 5.92 Å². The van der Waals surface area contributed by atoms with Crippen LogP contribution < -0.4 is 5.32 Å². The molecule has 1 amide bonds. The maximum atomic E-state index is 12.5. The summed E-state index contributed by atoms with van der Waals surface area (Å²) < 4.78 is 10.4. The topological polar surface area (TPSA) is 88.8 Å².